The number of pyridine rings is 1. The molecular formula is C26H26N6O3. The molecule has 4 aromatic rings. The Bertz CT molecular complexity index is 1560. The summed E-state index contributed by atoms with van der Waals surface area (Å²) in [5.74, 6) is 2.11. The Balaban J connectivity index is 1.31. The van der Waals surface area contributed by atoms with E-state index in [0.717, 1.165) is 54.2 Å². The largest absolute Gasteiger partial charge is 0.381 e. The molecule has 0 bridgehead atoms. The number of rotatable bonds is 3. The van der Waals surface area contributed by atoms with Crippen molar-refractivity contribution in [2.75, 3.05) is 24.7 Å². The van der Waals surface area contributed by atoms with Crippen LogP contribution in [0.15, 0.2) is 29.2 Å². The number of benzene rings is 1. The van der Waals surface area contributed by atoms with Gasteiger partial charge < -0.3 is 9.72 Å². The van der Waals surface area contributed by atoms with Gasteiger partial charge in [-0.05, 0) is 73.8 Å². The topological polar surface area (TPSA) is 105 Å². The third kappa shape index (κ3) is 3.29. The fraction of sp³-hybridized carbons (Fsp3) is 0.423. The SMILES string of the molecule is Cc1cc2c(cc1C(=O)N1CCc3cc(C4CC4)cnc31)[nH]c(=O)c1nnc(C3CCCOC3)n12. The third-order valence-corrected chi connectivity index (χ3v) is 7.60. The fourth-order valence-electron chi connectivity index (χ4n) is 5.55. The molecule has 1 saturated carbocycles. The molecule has 1 unspecified atom stereocenters. The van der Waals surface area contributed by atoms with Gasteiger partial charge in [0, 0.05) is 30.8 Å². The number of fused-ring (bicyclic) bond motifs is 4. The van der Waals surface area contributed by atoms with Gasteiger partial charge in [-0.1, -0.05) is 6.07 Å². The van der Waals surface area contributed by atoms with Crippen molar-refractivity contribution in [2.45, 2.75) is 50.9 Å². The van der Waals surface area contributed by atoms with Crippen LogP contribution in [0.4, 0.5) is 5.82 Å². The Kier molecular flexibility index (Phi) is 4.57. The van der Waals surface area contributed by atoms with Crippen LogP contribution in [0.3, 0.4) is 0 Å². The highest BCUT2D eigenvalue weighted by molar-refractivity contribution is 6.09. The second kappa shape index (κ2) is 7.71. The van der Waals surface area contributed by atoms with Gasteiger partial charge in [0.25, 0.3) is 11.5 Å². The van der Waals surface area contributed by atoms with Gasteiger partial charge in [0.15, 0.2) is 0 Å². The zero-order valence-electron chi connectivity index (χ0n) is 19.6. The summed E-state index contributed by atoms with van der Waals surface area (Å²) in [4.78, 5) is 35.9. The highest BCUT2D eigenvalue weighted by Gasteiger charge is 2.31. The van der Waals surface area contributed by atoms with E-state index in [1.165, 1.54) is 18.4 Å². The van der Waals surface area contributed by atoms with Crippen LogP contribution >= 0.6 is 0 Å². The number of nitrogens with one attached hydrogen (secondary N) is 1. The van der Waals surface area contributed by atoms with E-state index in [0.29, 0.717) is 30.1 Å². The van der Waals surface area contributed by atoms with Crippen LogP contribution in [-0.2, 0) is 11.2 Å². The van der Waals surface area contributed by atoms with E-state index in [-0.39, 0.29) is 23.0 Å². The second-order valence-corrected chi connectivity index (χ2v) is 10.0. The number of aryl methyl sites for hydroxylation is 1. The number of carbonyl (C=O) groups excluding carboxylic acids is 1. The number of aromatic nitrogens is 5. The number of carbonyl (C=O) groups is 1. The van der Waals surface area contributed by atoms with Gasteiger partial charge in [0.05, 0.1) is 17.6 Å². The van der Waals surface area contributed by atoms with Crippen molar-refractivity contribution in [3.05, 3.63) is 62.8 Å². The molecule has 7 rings (SSSR count). The van der Waals surface area contributed by atoms with E-state index in [9.17, 15) is 9.59 Å². The quantitative estimate of drug-likeness (QED) is 0.493. The molecule has 1 aromatic carbocycles. The van der Waals surface area contributed by atoms with E-state index in [1.54, 1.807) is 11.0 Å². The van der Waals surface area contributed by atoms with Crippen molar-refractivity contribution < 1.29 is 9.53 Å². The summed E-state index contributed by atoms with van der Waals surface area (Å²) in [6, 6.07) is 5.95. The average Bonchev–Trinajstić information content (AvgIpc) is 3.48. The molecule has 0 radical (unpaired) electrons. The number of hydrogen-bond acceptors (Lipinski definition) is 6. The molecule has 1 saturated heterocycles. The lowest BCUT2D eigenvalue weighted by Gasteiger charge is -2.21. The van der Waals surface area contributed by atoms with Crippen molar-refractivity contribution in [1.82, 2.24) is 24.6 Å². The van der Waals surface area contributed by atoms with Gasteiger partial charge in [0.1, 0.15) is 11.6 Å². The van der Waals surface area contributed by atoms with Crippen LogP contribution in [0.25, 0.3) is 16.7 Å². The third-order valence-electron chi connectivity index (χ3n) is 7.60. The lowest BCUT2D eigenvalue weighted by molar-refractivity contribution is 0.0778. The van der Waals surface area contributed by atoms with Gasteiger partial charge in [0.2, 0.25) is 5.65 Å². The standard InChI is InChI=1S/C26H26N6O3/c1-14-9-21-20(28-25(33)24-30-29-23(32(21)24)17-3-2-8-35-13-17)11-19(14)26(34)31-7-6-16-10-18(15-4-5-15)12-27-22(16)31/h9-12,15,17H,2-8,13H2,1H3,(H,28,33). The zero-order valence-corrected chi connectivity index (χ0v) is 19.6. The minimum atomic E-state index is -0.323. The molecule has 1 N–H and O–H groups in total. The molecule has 3 aliphatic rings. The maximum absolute atomic E-state index is 13.7. The van der Waals surface area contributed by atoms with Crippen molar-refractivity contribution in [3.8, 4) is 0 Å². The fourth-order valence-corrected chi connectivity index (χ4v) is 5.55. The van der Waals surface area contributed by atoms with Crippen LogP contribution in [0.5, 0.6) is 0 Å². The molecular weight excluding hydrogens is 444 g/mol. The minimum absolute atomic E-state index is 0.0815. The van der Waals surface area contributed by atoms with Crippen molar-refractivity contribution in [3.63, 3.8) is 0 Å². The number of hydrogen-bond donors (Lipinski definition) is 1. The summed E-state index contributed by atoms with van der Waals surface area (Å²) >= 11 is 0. The number of ether oxygens (including phenoxy) is 1. The summed E-state index contributed by atoms with van der Waals surface area (Å²) in [5.41, 5.74) is 5.13. The first-order valence-corrected chi connectivity index (χ1v) is 12.4. The lowest BCUT2D eigenvalue weighted by atomic mass is 10.0. The summed E-state index contributed by atoms with van der Waals surface area (Å²) < 4.78 is 7.49. The number of nitrogens with zero attached hydrogens (tertiary/aromatic N) is 5. The predicted octanol–water partition coefficient (Wildman–Crippen LogP) is 3.25. The molecule has 0 spiro atoms. The first-order chi connectivity index (χ1) is 17.1. The molecule has 2 fully saturated rings. The van der Waals surface area contributed by atoms with Gasteiger partial charge >= 0.3 is 0 Å². The summed E-state index contributed by atoms with van der Waals surface area (Å²) in [6.07, 6.45) is 7.08. The number of amides is 1. The maximum Gasteiger partial charge on any atom is 0.294 e. The Morgan fingerprint density at radius 2 is 2.03 bits per heavy atom. The van der Waals surface area contributed by atoms with Crippen LogP contribution in [0, 0.1) is 6.92 Å². The highest BCUT2D eigenvalue weighted by atomic mass is 16.5. The number of aromatic amines is 1. The molecule has 1 atom stereocenters. The smallest absolute Gasteiger partial charge is 0.294 e. The molecule has 35 heavy (non-hydrogen) atoms. The molecule has 5 heterocycles. The van der Waals surface area contributed by atoms with Crippen molar-refractivity contribution >= 4 is 28.4 Å². The Hall–Kier alpha value is -3.59. The number of H-pyrrole nitrogens is 1. The molecule has 9 heteroatoms. The lowest BCUT2D eigenvalue weighted by Crippen LogP contribution is -2.30. The molecule has 1 aliphatic carbocycles. The van der Waals surface area contributed by atoms with Crippen molar-refractivity contribution in [2.24, 2.45) is 0 Å². The average molecular weight is 471 g/mol. The molecule has 178 valence electrons. The first-order valence-electron chi connectivity index (χ1n) is 12.4. The Labute approximate surface area is 201 Å². The molecule has 1 amide bonds. The number of anilines is 1. The maximum atomic E-state index is 13.7. The molecule has 3 aromatic heterocycles. The Morgan fingerprint density at radius 3 is 2.83 bits per heavy atom. The summed E-state index contributed by atoms with van der Waals surface area (Å²) in [6.45, 7) is 3.85. The predicted molar refractivity (Wildman–Crippen MR) is 130 cm³/mol. The van der Waals surface area contributed by atoms with Crippen LogP contribution in [-0.4, -0.2) is 50.2 Å². The van der Waals surface area contributed by atoms with Gasteiger partial charge in [-0.25, -0.2) is 4.98 Å². The van der Waals surface area contributed by atoms with Crippen LogP contribution in [0.2, 0.25) is 0 Å². The zero-order chi connectivity index (χ0) is 23.7. The van der Waals surface area contributed by atoms with Gasteiger partial charge in [-0.2, -0.15) is 0 Å². The van der Waals surface area contributed by atoms with E-state index in [2.05, 4.69) is 26.2 Å². The van der Waals surface area contributed by atoms with Crippen LogP contribution in [0.1, 0.15) is 70.4 Å². The van der Waals surface area contributed by atoms with E-state index in [1.807, 2.05) is 23.6 Å². The minimum Gasteiger partial charge on any atom is -0.381 e. The molecule has 2 aliphatic heterocycles. The monoisotopic (exact) mass is 470 g/mol. The van der Waals surface area contributed by atoms with E-state index < -0.39 is 0 Å². The second-order valence-electron chi connectivity index (χ2n) is 10.0. The van der Waals surface area contributed by atoms with E-state index >= 15 is 0 Å². The van der Waals surface area contributed by atoms with Crippen molar-refractivity contribution in [1.29, 1.82) is 0 Å². The van der Waals surface area contributed by atoms with E-state index in [4.69, 9.17) is 4.74 Å². The summed E-state index contributed by atoms with van der Waals surface area (Å²) in [5, 5.41) is 8.53. The summed E-state index contributed by atoms with van der Waals surface area (Å²) in [7, 11) is 0. The first kappa shape index (κ1) is 20.8. The molecule has 9 nitrogen and oxygen atoms in total. The van der Waals surface area contributed by atoms with Gasteiger partial charge in [-0.3, -0.25) is 18.9 Å². The Morgan fingerprint density at radius 1 is 1.14 bits per heavy atom. The van der Waals surface area contributed by atoms with Gasteiger partial charge in [-0.15, -0.1) is 10.2 Å². The normalized spacial score (nSPS) is 20.0. The highest BCUT2D eigenvalue weighted by Crippen LogP contribution is 2.41. The van der Waals surface area contributed by atoms with Crippen LogP contribution < -0.4 is 10.5 Å².